The molecule has 0 unspecified atom stereocenters. The van der Waals surface area contributed by atoms with Gasteiger partial charge in [-0.1, -0.05) is 29.1 Å². The van der Waals surface area contributed by atoms with Crippen molar-refractivity contribution in [3.05, 3.63) is 47.6 Å². The van der Waals surface area contributed by atoms with Crippen molar-refractivity contribution in [2.75, 3.05) is 0 Å². The number of hydrogen-bond acceptors (Lipinski definition) is 5. The summed E-state index contributed by atoms with van der Waals surface area (Å²) >= 11 is 1.41. The molecule has 0 bridgehead atoms. The van der Waals surface area contributed by atoms with Crippen LogP contribution in [-0.4, -0.2) is 20.3 Å². The summed E-state index contributed by atoms with van der Waals surface area (Å²) in [6.07, 6.45) is 0. The second kappa shape index (κ2) is 5.46. The Kier molecular flexibility index (Phi) is 3.51. The van der Waals surface area contributed by atoms with E-state index in [1.165, 1.54) is 17.8 Å². The molecule has 0 aliphatic rings. The molecule has 2 aromatic heterocycles. The molecule has 0 fully saturated rings. The first kappa shape index (κ1) is 12.9. The molecule has 5 nitrogen and oxygen atoms in total. The molecule has 0 amide bonds. The van der Waals surface area contributed by atoms with Gasteiger partial charge in [-0.3, -0.25) is 5.10 Å². The molecule has 0 aliphatic carbocycles. The Morgan fingerprint density at radius 1 is 1.35 bits per heavy atom. The second-order valence-corrected chi connectivity index (χ2v) is 5.11. The normalized spacial score (nSPS) is 10.9. The van der Waals surface area contributed by atoms with Crippen LogP contribution < -0.4 is 0 Å². The summed E-state index contributed by atoms with van der Waals surface area (Å²) in [5.41, 5.74) is 1.23. The standard InChI is InChI=1S/C13H11FN4OS/c1-8-6-9(18-19-8)7-20-13-15-12(16-17-13)10-4-2-3-5-11(10)14/h2-6H,7H2,1H3,(H,15,16,17). The summed E-state index contributed by atoms with van der Waals surface area (Å²) in [6.45, 7) is 1.84. The van der Waals surface area contributed by atoms with E-state index >= 15 is 0 Å². The van der Waals surface area contributed by atoms with Crippen molar-refractivity contribution in [2.45, 2.75) is 17.8 Å². The second-order valence-electron chi connectivity index (χ2n) is 4.16. The number of nitrogens with one attached hydrogen (secondary N) is 1. The Morgan fingerprint density at radius 2 is 2.20 bits per heavy atom. The van der Waals surface area contributed by atoms with Crippen molar-refractivity contribution in [2.24, 2.45) is 0 Å². The van der Waals surface area contributed by atoms with Crippen LogP contribution in [0.1, 0.15) is 11.5 Å². The van der Waals surface area contributed by atoms with E-state index in [4.69, 9.17) is 4.52 Å². The van der Waals surface area contributed by atoms with Crippen LogP contribution in [0.3, 0.4) is 0 Å². The Bertz CT molecular complexity index is 724. The maximum Gasteiger partial charge on any atom is 0.209 e. The predicted octanol–water partition coefficient (Wildman–Crippen LogP) is 3.20. The number of H-pyrrole nitrogens is 1. The highest BCUT2D eigenvalue weighted by Crippen LogP contribution is 2.23. The Balaban J connectivity index is 1.72. The molecule has 3 aromatic rings. The fourth-order valence-corrected chi connectivity index (χ4v) is 2.39. The van der Waals surface area contributed by atoms with E-state index in [0.717, 1.165) is 11.5 Å². The maximum atomic E-state index is 13.6. The molecule has 0 aliphatic heterocycles. The molecule has 7 heteroatoms. The molecule has 0 saturated carbocycles. The zero-order valence-electron chi connectivity index (χ0n) is 10.6. The van der Waals surface area contributed by atoms with Gasteiger partial charge < -0.3 is 4.52 Å². The monoisotopic (exact) mass is 290 g/mol. The molecule has 1 aromatic carbocycles. The highest BCUT2D eigenvalue weighted by atomic mass is 32.2. The SMILES string of the molecule is Cc1cc(CSc2n[nH]c(-c3ccccc3F)n2)no1. The summed E-state index contributed by atoms with van der Waals surface area (Å²) in [7, 11) is 0. The van der Waals surface area contributed by atoms with E-state index in [2.05, 4.69) is 20.3 Å². The van der Waals surface area contributed by atoms with E-state index in [0.29, 0.717) is 22.3 Å². The van der Waals surface area contributed by atoms with Crippen LogP contribution in [0.25, 0.3) is 11.4 Å². The number of rotatable bonds is 4. The van der Waals surface area contributed by atoms with Crippen LogP contribution in [0.5, 0.6) is 0 Å². The highest BCUT2D eigenvalue weighted by molar-refractivity contribution is 7.98. The topological polar surface area (TPSA) is 67.6 Å². The number of aryl methyl sites for hydroxylation is 1. The van der Waals surface area contributed by atoms with Gasteiger partial charge >= 0.3 is 0 Å². The van der Waals surface area contributed by atoms with Crippen molar-refractivity contribution < 1.29 is 8.91 Å². The fraction of sp³-hybridized carbons (Fsp3) is 0.154. The third-order valence-electron chi connectivity index (χ3n) is 2.62. The summed E-state index contributed by atoms with van der Waals surface area (Å²) in [5, 5.41) is 11.2. The van der Waals surface area contributed by atoms with Crippen molar-refractivity contribution in [1.82, 2.24) is 20.3 Å². The molecule has 0 atom stereocenters. The van der Waals surface area contributed by atoms with Gasteiger partial charge in [0.1, 0.15) is 11.6 Å². The third-order valence-corrected chi connectivity index (χ3v) is 3.50. The van der Waals surface area contributed by atoms with Gasteiger partial charge in [-0.25, -0.2) is 9.37 Å². The molecule has 3 rings (SSSR count). The van der Waals surface area contributed by atoms with Gasteiger partial charge in [-0.05, 0) is 19.1 Å². The van der Waals surface area contributed by atoms with Crippen molar-refractivity contribution in [3.8, 4) is 11.4 Å². The van der Waals surface area contributed by atoms with E-state index in [9.17, 15) is 4.39 Å². The van der Waals surface area contributed by atoms with E-state index < -0.39 is 0 Å². The van der Waals surface area contributed by atoms with Gasteiger partial charge in [0, 0.05) is 11.8 Å². The van der Waals surface area contributed by atoms with Gasteiger partial charge in [0.25, 0.3) is 0 Å². The summed E-state index contributed by atoms with van der Waals surface area (Å²) in [4.78, 5) is 4.26. The molecular formula is C13H11FN4OS. The van der Waals surface area contributed by atoms with Crippen LogP contribution in [-0.2, 0) is 5.75 Å². The van der Waals surface area contributed by atoms with Crippen LogP contribution in [0.4, 0.5) is 4.39 Å². The molecule has 0 spiro atoms. The number of benzene rings is 1. The highest BCUT2D eigenvalue weighted by Gasteiger charge is 2.10. The minimum atomic E-state index is -0.327. The van der Waals surface area contributed by atoms with E-state index in [-0.39, 0.29) is 5.82 Å². The minimum Gasteiger partial charge on any atom is -0.361 e. The number of aromatic nitrogens is 4. The number of aromatic amines is 1. The largest absolute Gasteiger partial charge is 0.361 e. The molecular weight excluding hydrogens is 279 g/mol. The first-order valence-electron chi connectivity index (χ1n) is 5.94. The summed E-state index contributed by atoms with van der Waals surface area (Å²) in [6, 6.07) is 8.30. The maximum absolute atomic E-state index is 13.6. The third kappa shape index (κ3) is 2.72. The van der Waals surface area contributed by atoms with Crippen LogP contribution in [0, 0.1) is 12.7 Å². The fourth-order valence-electron chi connectivity index (χ4n) is 1.71. The van der Waals surface area contributed by atoms with Crippen molar-refractivity contribution >= 4 is 11.8 Å². The molecule has 0 saturated heterocycles. The first-order valence-corrected chi connectivity index (χ1v) is 6.93. The number of hydrogen-bond donors (Lipinski definition) is 1. The zero-order chi connectivity index (χ0) is 13.9. The molecule has 102 valence electrons. The van der Waals surface area contributed by atoms with Crippen LogP contribution in [0.2, 0.25) is 0 Å². The summed E-state index contributed by atoms with van der Waals surface area (Å²) in [5.74, 6) is 1.46. The predicted molar refractivity (Wildman–Crippen MR) is 72.6 cm³/mol. The lowest BCUT2D eigenvalue weighted by Crippen LogP contribution is -1.85. The summed E-state index contributed by atoms with van der Waals surface area (Å²) < 4.78 is 18.6. The van der Waals surface area contributed by atoms with E-state index in [1.807, 2.05) is 13.0 Å². The number of halogens is 1. The number of thioether (sulfide) groups is 1. The van der Waals surface area contributed by atoms with Gasteiger partial charge in [0.2, 0.25) is 5.16 Å². The zero-order valence-corrected chi connectivity index (χ0v) is 11.4. The average molecular weight is 290 g/mol. The van der Waals surface area contributed by atoms with Gasteiger partial charge in [0.15, 0.2) is 5.82 Å². The smallest absolute Gasteiger partial charge is 0.209 e. The van der Waals surface area contributed by atoms with Crippen LogP contribution >= 0.6 is 11.8 Å². The Morgan fingerprint density at radius 3 is 2.95 bits per heavy atom. The Hall–Kier alpha value is -2.15. The minimum absolute atomic E-state index is 0.327. The average Bonchev–Trinajstić information content (AvgIpc) is 3.06. The molecule has 2 heterocycles. The first-order chi connectivity index (χ1) is 9.72. The number of nitrogens with zero attached hydrogens (tertiary/aromatic N) is 3. The Labute approximate surface area is 118 Å². The van der Waals surface area contributed by atoms with Gasteiger partial charge in [-0.15, -0.1) is 5.10 Å². The van der Waals surface area contributed by atoms with Crippen LogP contribution in [0.15, 0.2) is 40.0 Å². The van der Waals surface area contributed by atoms with Crippen molar-refractivity contribution in [3.63, 3.8) is 0 Å². The lowest BCUT2D eigenvalue weighted by molar-refractivity contribution is 0.393. The molecule has 20 heavy (non-hydrogen) atoms. The lowest BCUT2D eigenvalue weighted by Gasteiger charge is -1.96. The quantitative estimate of drug-likeness (QED) is 0.747. The molecule has 1 N–H and O–H groups in total. The van der Waals surface area contributed by atoms with Gasteiger partial charge in [-0.2, -0.15) is 0 Å². The lowest BCUT2D eigenvalue weighted by atomic mass is 10.2. The van der Waals surface area contributed by atoms with Crippen molar-refractivity contribution in [1.29, 1.82) is 0 Å². The van der Waals surface area contributed by atoms with Gasteiger partial charge in [0.05, 0.1) is 11.3 Å². The molecule has 0 radical (unpaired) electrons. The van der Waals surface area contributed by atoms with E-state index in [1.54, 1.807) is 18.2 Å².